The molecular weight excluding hydrogens is 448 g/mol. The number of pyridine rings is 1. The standard InChI is InChI=1S/C27H26N2O4S/c1-2-34(30,31)29(20-23-9-6-18-28-19-23)24-10-12-26(13-11-24)33-27-16-14-25(15-17-27)32-21-22-7-4-3-5-8-22/h3-19H,2,20-21H2,1H3. The zero-order chi connectivity index (χ0) is 23.8. The van der Waals surface area contributed by atoms with Crippen molar-refractivity contribution in [1.82, 2.24) is 4.98 Å². The summed E-state index contributed by atoms with van der Waals surface area (Å²) in [5.41, 5.74) is 2.49. The average Bonchev–Trinajstić information content (AvgIpc) is 2.89. The van der Waals surface area contributed by atoms with Crippen molar-refractivity contribution < 1.29 is 17.9 Å². The maximum Gasteiger partial charge on any atom is 0.235 e. The van der Waals surface area contributed by atoms with Crippen molar-refractivity contribution in [2.75, 3.05) is 10.1 Å². The van der Waals surface area contributed by atoms with Crippen LogP contribution in [0.25, 0.3) is 0 Å². The van der Waals surface area contributed by atoms with Gasteiger partial charge in [0.1, 0.15) is 23.9 Å². The van der Waals surface area contributed by atoms with Crippen LogP contribution in [0.3, 0.4) is 0 Å². The minimum atomic E-state index is -3.46. The summed E-state index contributed by atoms with van der Waals surface area (Å²) in [7, 11) is -3.46. The van der Waals surface area contributed by atoms with E-state index in [-0.39, 0.29) is 12.3 Å². The highest BCUT2D eigenvalue weighted by atomic mass is 32.2. The van der Waals surface area contributed by atoms with E-state index in [0.717, 1.165) is 16.9 Å². The summed E-state index contributed by atoms with van der Waals surface area (Å²) in [5.74, 6) is 2.03. The quantitative estimate of drug-likeness (QED) is 0.290. The fourth-order valence-corrected chi connectivity index (χ4v) is 4.43. The van der Waals surface area contributed by atoms with Crippen LogP contribution in [0.2, 0.25) is 0 Å². The molecule has 1 heterocycles. The van der Waals surface area contributed by atoms with Gasteiger partial charge in [-0.25, -0.2) is 8.42 Å². The number of anilines is 1. The second kappa shape index (κ2) is 10.9. The highest BCUT2D eigenvalue weighted by Gasteiger charge is 2.21. The SMILES string of the molecule is CCS(=O)(=O)N(Cc1cccnc1)c1ccc(Oc2ccc(OCc3ccccc3)cc2)cc1. The van der Waals surface area contributed by atoms with E-state index in [1.807, 2.05) is 60.7 Å². The molecule has 0 radical (unpaired) electrons. The summed E-state index contributed by atoms with van der Waals surface area (Å²) in [6.07, 6.45) is 3.33. The predicted octanol–water partition coefficient (Wildman–Crippen LogP) is 5.81. The van der Waals surface area contributed by atoms with Crippen molar-refractivity contribution >= 4 is 15.7 Å². The number of aromatic nitrogens is 1. The number of ether oxygens (including phenoxy) is 2. The molecule has 0 bridgehead atoms. The maximum absolute atomic E-state index is 12.7. The lowest BCUT2D eigenvalue weighted by Gasteiger charge is -2.24. The second-order valence-electron chi connectivity index (χ2n) is 7.61. The largest absolute Gasteiger partial charge is 0.489 e. The Morgan fingerprint density at radius 2 is 1.38 bits per heavy atom. The number of rotatable bonds is 10. The molecule has 174 valence electrons. The van der Waals surface area contributed by atoms with Crippen molar-refractivity contribution in [1.29, 1.82) is 0 Å². The summed E-state index contributed by atoms with van der Waals surface area (Å²) in [6, 6.07) is 28.0. The van der Waals surface area contributed by atoms with Gasteiger partial charge in [0.15, 0.2) is 0 Å². The molecule has 0 saturated heterocycles. The normalized spacial score (nSPS) is 11.1. The topological polar surface area (TPSA) is 68.7 Å². The molecule has 0 aliphatic carbocycles. The molecule has 1 aromatic heterocycles. The van der Waals surface area contributed by atoms with Gasteiger partial charge in [0.05, 0.1) is 18.0 Å². The summed E-state index contributed by atoms with van der Waals surface area (Å²) < 4.78 is 38.6. The number of hydrogen-bond donors (Lipinski definition) is 0. The van der Waals surface area contributed by atoms with Crippen LogP contribution >= 0.6 is 0 Å². The van der Waals surface area contributed by atoms with Crippen LogP contribution in [0, 0.1) is 0 Å². The lowest BCUT2D eigenvalue weighted by Crippen LogP contribution is -2.31. The van der Waals surface area contributed by atoms with Crippen molar-refractivity contribution in [3.8, 4) is 17.2 Å². The summed E-state index contributed by atoms with van der Waals surface area (Å²) in [4.78, 5) is 4.08. The van der Waals surface area contributed by atoms with Crippen LogP contribution in [0.1, 0.15) is 18.1 Å². The molecule has 4 rings (SSSR count). The third-order valence-corrected chi connectivity index (χ3v) is 6.92. The smallest absolute Gasteiger partial charge is 0.235 e. The molecule has 0 aliphatic heterocycles. The summed E-state index contributed by atoms with van der Waals surface area (Å²) in [5, 5.41) is 0. The lowest BCUT2D eigenvalue weighted by atomic mass is 10.2. The van der Waals surface area contributed by atoms with Crippen LogP contribution in [0.4, 0.5) is 5.69 Å². The van der Waals surface area contributed by atoms with Gasteiger partial charge in [0.2, 0.25) is 10.0 Å². The van der Waals surface area contributed by atoms with Gasteiger partial charge in [-0.05, 0) is 72.6 Å². The van der Waals surface area contributed by atoms with Crippen molar-refractivity contribution in [3.63, 3.8) is 0 Å². The third-order valence-electron chi connectivity index (χ3n) is 5.18. The molecule has 0 fully saturated rings. The van der Waals surface area contributed by atoms with Crippen molar-refractivity contribution in [2.24, 2.45) is 0 Å². The minimum absolute atomic E-state index is 0.00417. The van der Waals surface area contributed by atoms with E-state index in [2.05, 4.69) is 4.98 Å². The van der Waals surface area contributed by atoms with Crippen molar-refractivity contribution in [3.05, 3.63) is 115 Å². The van der Waals surface area contributed by atoms with Crippen LogP contribution in [0.15, 0.2) is 103 Å². The molecule has 3 aromatic carbocycles. The van der Waals surface area contributed by atoms with E-state index in [4.69, 9.17) is 9.47 Å². The Hall–Kier alpha value is -3.84. The molecule has 0 spiro atoms. The van der Waals surface area contributed by atoms with Gasteiger partial charge < -0.3 is 9.47 Å². The Labute approximate surface area is 200 Å². The number of sulfonamides is 1. The Kier molecular flexibility index (Phi) is 7.44. The fourth-order valence-electron chi connectivity index (χ4n) is 3.32. The van der Waals surface area contributed by atoms with Gasteiger partial charge in [-0.15, -0.1) is 0 Å². The first-order valence-corrected chi connectivity index (χ1v) is 12.6. The zero-order valence-corrected chi connectivity index (χ0v) is 19.7. The van der Waals surface area contributed by atoms with Gasteiger partial charge >= 0.3 is 0 Å². The maximum atomic E-state index is 12.7. The Morgan fingerprint density at radius 1 is 0.765 bits per heavy atom. The first kappa shape index (κ1) is 23.3. The Balaban J connectivity index is 1.42. The molecule has 0 saturated carbocycles. The highest BCUT2D eigenvalue weighted by molar-refractivity contribution is 7.92. The first-order chi connectivity index (χ1) is 16.5. The van der Waals surface area contributed by atoms with Crippen LogP contribution in [-0.2, 0) is 23.2 Å². The molecule has 0 atom stereocenters. The summed E-state index contributed by atoms with van der Waals surface area (Å²) >= 11 is 0. The highest BCUT2D eigenvalue weighted by Crippen LogP contribution is 2.28. The van der Waals surface area contributed by atoms with Gasteiger partial charge in [0, 0.05) is 12.4 Å². The molecular formula is C27H26N2O4S. The van der Waals surface area contributed by atoms with E-state index < -0.39 is 10.0 Å². The van der Waals surface area contributed by atoms with Crippen LogP contribution in [0.5, 0.6) is 17.2 Å². The van der Waals surface area contributed by atoms with Gasteiger partial charge in [-0.2, -0.15) is 0 Å². The number of nitrogens with zero attached hydrogens (tertiary/aromatic N) is 2. The van der Waals surface area contributed by atoms with Crippen molar-refractivity contribution in [2.45, 2.75) is 20.1 Å². The number of benzene rings is 3. The molecule has 4 aromatic rings. The third kappa shape index (κ3) is 6.14. The molecule has 6 nitrogen and oxygen atoms in total. The van der Waals surface area contributed by atoms with E-state index in [1.165, 1.54) is 4.31 Å². The molecule has 0 unspecified atom stereocenters. The lowest BCUT2D eigenvalue weighted by molar-refractivity contribution is 0.306. The molecule has 0 aliphatic rings. The first-order valence-electron chi connectivity index (χ1n) is 11.0. The average molecular weight is 475 g/mol. The zero-order valence-electron chi connectivity index (χ0n) is 18.9. The van der Waals surface area contributed by atoms with E-state index in [0.29, 0.717) is 23.8 Å². The van der Waals surface area contributed by atoms with E-state index in [1.54, 1.807) is 49.6 Å². The van der Waals surface area contributed by atoms with Gasteiger partial charge in [0.25, 0.3) is 0 Å². The Morgan fingerprint density at radius 3 is 2.00 bits per heavy atom. The van der Waals surface area contributed by atoms with Gasteiger partial charge in [-0.3, -0.25) is 9.29 Å². The monoisotopic (exact) mass is 474 g/mol. The van der Waals surface area contributed by atoms with E-state index >= 15 is 0 Å². The molecule has 0 amide bonds. The van der Waals surface area contributed by atoms with E-state index in [9.17, 15) is 8.42 Å². The predicted molar refractivity (Wildman–Crippen MR) is 134 cm³/mol. The molecule has 0 N–H and O–H groups in total. The second-order valence-corrected chi connectivity index (χ2v) is 9.79. The Bertz CT molecular complexity index is 1280. The van der Waals surface area contributed by atoms with Gasteiger partial charge in [-0.1, -0.05) is 36.4 Å². The fraction of sp³-hybridized carbons (Fsp3) is 0.148. The van der Waals surface area contributed by atoms with Crippen LogP contribution < -0.4 is 13.8 Å². The number of hydrogen-bond acceptors (Lipinski definition) is 5. The molecule has 7 heteroatoms. The minimum Gasteiger partial charge on any atom is -0.489 e. The molecule has 34 heavy (non-hydrogen) atoms. The van der Waals surface area contributed by atoms with Crippen LogP contribution in [-0.4, -0.2) is 19.2 Å². The summed E-state index contributed by atoms with van der Waals surface area (Å²) in [6.45, 7) is 2.35.